The molecule has 1 aromatic carbocycles. The summed E-state index contributed by atoms with van der Waals surface area (Å²) in [4.78, 5) is 27.3. The van der Waals surface area contributed by atoms with E-state index in [4.69, 9.17) is 0 Å². The van der Waals surface area contributed by atoms with Crippen LogP contribution in [-0.2, 0) is 19.4 Å². The molecular formula is C19H21N7O3. The topological polar surface area (TPSA) is 121 Å². The molecule has 150 valence electrons. The van der Waals surface area contributed by atoms with Gasteiger partial charge in [0, 0.05) is 50.0 Å². The van der Waals surface area contributed by atoms with E-state index in [1.165, 1.54) is 29.6 Å². The number of rotatable bonds is 6. The monoisotopic (exact) mass is 395 g/mol. The Labute approximate surface area is 166 Å². The molecule has 0 bridgehead atoms. The molecule has 29 heavy (non-hydrogen) atoms. The fourth-order valence-electron chi connectivity index (χ4n) is 3.55. The number of hydrogen-bond donors (Lipinski definition) is 1. The molecular weight excluding hydrogens is 374 g/mol. The molecule has 10 heteroatoms. The number of nitrogens with one attached hydrogen (secondary N) is 1. The molecule has 4 rings (SSSR count). The Morgan fingerprint density at radius 3 is 2.93 bits per heavy atom. The Bertz CT molecular complexity index is 1030. The van der Waals surface area contributed by atoms with Crippen molar-refractivity contribution in [2.75, 3.05) is 6.54 Å². The van der Waals surface area contributed by atoms with Gasteiger partial charge in [0.1, 0.15) is 17.3 Å². The van der Waals surface area contributed by atoms with Gasteiger partial charge in [0.05, 0.1) is 11.3 Å². The minimum Gasteiger partial charge on any atom is -0.352 e. The van der Waals surface area contributed by atoms with Crippen molar-refractivity contribution < 1.29 is 9.72 Å². The summed E-state index contributed by atoms with van der Waals surface area (Å²) >= 11 is 0. The third-order valence-electron chi connectivity index (χ3n) is 5.04. The molecule has 1 aliphatic heterocycles. The molecule has 0 atom stereocenters. The predicted octanol–water partition coefficient (Wildman–Crippen LogP) is 2.07. The fraction of sp³-hybridized carbons (Fsp3) is 0.368. The van der Waals surface area contributed by atoms with Crippen LogP contribution in [0.2, 0.25) is 0 Å². The maximum Gasteiger partial charge on any atom is 0.294 e. The highest BCUT2D eigenvalue weighted by Gasteiger charge is 2.19. The van der Waals surface area contributed by atoms with E-state index in [2.05, 4.69) is 25.1 Å². The number of fused-ring (bicyclic) bond motifs is 1. The van der Waals surface area contributed by atoms with Crippen molar-refractivity contribution in [3.63, 3.8) is 0 Å². The number of hydrogen-bond acceptors (Lipinski definition) is 6. The minimum atomic E-state index is -0.502. The fourth-order valence-corrected chi connectivity index (χ4v) is 3.55. The third-order valence-corrected chi connectivity index (χ3v) is 5.04. The second-order valence-corrected chi connectivity index (χ2v) is 6.93. The van der Waals surface area contributed by atoms with Crippen LogP contribution in [0.5, 0.6) is 0 Å². The highest BCUT2D eigenvalue weighted by atomic mass is 16.6. The van der Waals surface area contributed by atoms with Gasteiger partial charge in [-0.2, -0.15) is 0 Å². The second kappa shape index (κ2) is 8.21. The van der Waals surface area contributed by atoms with Gasteiger partial charge in [-0.1, -0.05) is 6.42 Å². The summed E-state index contributed by atoms with van der Waals surface area (Å²) in [5.74, 6) is 1.51. The van der Waals surface area contributed by atoms with E-state index in [0.29, 0.717) is 18.7 Å². The maximum absolute atomic E-state index is 12.5. The molecule has 10 nitrogen and oxygen atoms in total. The van der Waals surface area contributed by atoms with Gasteiger partial charge in [-0.3, -0.25) is 14.9 Å². The van der Waals surface area contributed by atoms with E-state index < -0.39 is 4.92 Å². The molecule has 1 aliphatic rings. The number of amides is 1. The molecule has 3 heterocycles. The zero-order valence-corrected chi connectivity index (χ0v) is 15.8. The summed E-state index contributed by atoms with van der Waals surface area (Å²) in [6, 6.07) is 4.40. The quantitative estimate of drug-likeness (QED) is 0.504. The lowest BCUT2D eigenvalue weighted by Gasteiger charge is -2.09. The van der Waals surface area contributed by atoms with Crippen molar-refractivity contribution >= 4 is 11.6 Å². The van der Waals surface area contributed by atoms with Gasteiger partial charge in [-0.05, 0) is 25.0 Å². The van der Waals surface area contributed by atoms with E-state index in [0.717, 1.165) is 37.5 Å². The molecule has 3 aromatic rings. The van der Waals surface area contributed by atoms with Crippen LogP contribution in [0, 0.1) is 10.1 Å². The SMILES string of the molecule is O=C(NCCc1nnc2n1CCCCC2)c1ccc(-n2ccnc2)c([N+](=O)[O-])c1. The summed E-state index contributed by atoms with van der Waals surface area (Å²) in [6.07, 6.45) is 9.55. The molecule has 0 spiro atoms. The molecule has 1 amide bonds. The number of carbonyl (C=O) groups is 1. The van der Waals surface area contributed by atoms with E-state index in [1.54, 1.807) is 18.3 Å². The lowest BCUT2D eigenvalue weighted by molar-refractivity contribution is -0.384. The van der Waals surface area contributed by atoms with Crippen molar-refractivity contribution in [1.82, 2.24) is 29.6 Å². The predicted molar refractivity (Wildman–Crippen MR) is 104 cm³/mol. The van der Waals surface area contributed by atoms with E-state index in [9.17, 15) is 14.9 Å². The van der Waals surface area contributed by atoms with Crippen LogP contribution in [0.25, 0.3) is 5.69 Å². The standard InChI is InChI=1S/C19H21N7O3/c27-19(21-8-7-18-23-22-17-4-2-1-3-10-25(17)18)14-5-6-15(16(12-14)26(28)29)24-11-9-20-13-24/h5-6,9,11-13H,1-4,7-8,10H2,(H,21,27). The highest BCUT2D eigenvalue weighted by Crippen LogP contribution is 2.24. The average Bonchev–Trinajstić information content (AvgIpc) is 3.33. The number of carbonyl (C=O) groups excluding carboxylic acids is 1. The first kappa shape index (κ1) is 18.8. The molecule has 0 unspecified atom stereocenters. The number of nitro groups is 1. The summed E-state index contributed by atoms with van der Waals surface area (Å²) < 4.78 is 3.68. The Hall–Kier alpha value is -3.56. The zero-order valence-electron chi connectivity index (χ0n) is 15.8. The zero-order chi connectivity index (χ0) is 20.2. The molecule has 0 aliphatic carbocycles. The first-order chi connectivity index (χ1) is 14.1. The Morgan fingerprint density at radius 2 is 2.14 bits per heavy atom. The lowest BCUT2D eigenvalue weighted by atomic mass is 10.1. The third kappa shape index (κ3) is 4.00. The number of imidazole rings is 1. The Kier molecular flexibility index (Phi) is 5.32. The van der Waals surface area contributed by atoms with Gasteiger partial charge in [0.25, 0.3) is 11.6 Å². The van der Waals surface area contributed by atoms with Gasteiger partial charge in [0.2, 0.25) is 0 Å². The van der Waals surface area contributed by atoms with Crippen molar-refractivity contribution in [2.45, 2.75) is 38.6 Å². The molecule has 2 aromatic heterocycles. The smallest absolute Gasteiger partial charge is 0.294 e. The van der Waals surface area contributed by atoms with Crippen LogP contribution < -0.4 is 5.32 Å². The van der Waals surface area contributed by atoms with E-state index >= 15 is 0 Å². The van der Waals surface area contributed by atoms with Crippen LogP contribution in [-0.4, -0.2) is 41.7 Å². The van der Waals surface area contributed by atoms with Gasteiger partial charge >= 0.3 is 0 Å². The first-order valence-electron chi connectivity index (χ1n) is 9.59. The molecule has 0 fully saturated rings. The van der Waals surface area contributed by atoms with Crippen LogP contribution in [0.15, 0.2) is 36.9 Å². The van der Waals surface area contributed by atoms with Gasteiger partial charge in [-0.15, -0.1) is 10.2 Å². The Morgan fingerprint density at radius 1 is 1.24 bits per heavy atom. The summed E-state index contributed by atoms with van der Waals surface area (Å²) in [6.45, 7) is 1.29. The summed E-state index contributed by atoms with van der Waals surface area (Å²) in [5, 5.41) is 22.8. The molecule has 0 radical (unpaired) electrons. The van der Waals surface area contributed by atoms with Crippen LogP contribution >= 0.6 is 0 Å². The van der Waals surface area contributed by atoms with E-state index in [1.807, 2.05) is 0 Å². The molecule has 1 N–H and O–H groups in total. The minimum absolute atomic E-state index is 0.154. The summed E-state index contributed by atoms with van der Waals surface area (Å²) in [7, 11) is 0. The number of aryl methyl sites for hydroxylation is 1. The van der Waals surface area contributed by atoms with Crippen molar-refractivity contribution in [2.24, 2.45) is 0 Å². The second-order valence-electron chi connectivity index (χ2n) is 6.93. The largest absolute Gasteiger partial charge is 0.352 e. The van der Waals surface area contributed by atoms with Crippen molar-refractivity contribution in [3.05, 3.63) is 64.2 Å². The van der Waals surface area contributed by atoms with Crippen molar-refractivity contribution in [3.8, 4) is 5.69 Å². The highest BCUT2D eigenvalue weighted by molar-refractivity contribution is 5.95. The first-order valence-corrected chi connectivity index (χ1v) is 9.59. The number of nitrogens with zero attached hydrogens (tertiary/aromatic N) is 6. The van der Waals surface area contributed by atoms with Gasteiger partial charge in [0.15, 0.2) is 0 Å². The van der Waals surface area contributed by atoms with Crippen LogP contribution in [0.3, 0.4) is 0 Å². The van der Waals surface area contributed by atoms with Crippen molar-refractivity contribution in [1.29, 1.82) is 0 Å². The van der Waals surface area contributed by atoms with Crippen LogP contribution in [0.1, 0.15) is 41.3 Å². The average molecular weight is 395 g/mol. The van der Waals surface area contributed by atoms with Gasteiger partial charge < -0.3 is 14.5 Å². The molecule has 0 saturated carbocycles. The van der Waals surface area contributed by atoms with E-state index in [-0.39, 0.29) is 17.2 Å². The maximum atomic E-state index is 12.5. The normalized spacial score (nSPS) is 13.5. The lowest BCUT2D eigenvalue weighted by Crippen LogP contribution is -2.26. The Balaban J connectivity index is 1.43. The molecule has 0 saturated heterocycles. The van der Waals surface area contributed by atoms with Gasteiger partial charge in [-0.25, -0.2) is 4.98 Å². The number of nitro benzene ring substituents is 1. The number of benzene rings is 1. The van der Waals surface area contributed by atoms with Crippen LogP contribution in [0.4, 0.5) is 5.69 Å². The summed E-state index contributed by atoms with van der Waals surface area (Å²) in [5.41, 5.74) is 0.439. The number of aromatic nitrogens is 5.